The molecule has 98 valence electrons. The largest absolute Gasteiger partial charge is 0.480 e. The Morgan fingerprint density at radius 2 is 1.78 bits per heavy atom. The highest BCUT2D eigenvalue weighted by Gasteiger charge is 2.22. The van der Waals surface area contributed by atoms with Crippen LogP contribution in [-0.4, -0.2) is 23.0 Å². The van der Waals surface area contributed by atoms with E-state index in [0.29, 0.717) is 5.69 Å². The lowest BCUT2D eigenvalue weighted by molar-refractivity contribution is -0.141. The summed E-state index contributed by atoms with van der Waals surface area (Å²) in [4.78, 5) is 22.3. The van der Waals surface area contributed by atoms with Crippen molar-refractivity contribution in [3.05, 3.63) is 29.3 Å². The predicted octanol–water partition coefficient (Wildman–Crippen LogP) is 1.16. The maximum Gasteiger partial charge on any atom is 0.330 e. The molecule has 0 aliphatic carbocycles. The molecule has 18 heavy (non-hydrogen) atoms. The number of nitrogens with two attached hydrogens (primary N) is 1. The molecule has 1 atom stereocenters. The van der Waals surface area contributed by atoms with Crippen LogP contribution in [0.3, 0.4) is 0 Å². The van der Waals surface area contributed by atoms with Gasteiger partial charge in [-0.1, -0.05) is 32.0 Å². The Morgan fingerprint density at radius 3 is 2.17 bits per heavy atom. The van der Waals surface area contributed by atoms with Crippen LogP contribution in [-0.2, 0) is 22.4 Å². The summed E-state index contributed by atoms with van der Waals surface area (Å²) < 4.78 is 0. The summed E-state index contributed by atoms with van der Waals surface area (Å²) in [5.41, 5.74) is 7.91. The maximum absolute atomic E-state index is 11.7. The van der Waals surface area contributed by atoms with Gasteiger partial charge < -0.3 is 16.2 Å². The van der Waals surface area contributed by atoms with Crippen LogP contribution in [0.1, 0.15) is 25.0 Å². The van der Waals surface area contributed by atoms with Crippen LogP contribution < -0.4 is 11.1 Å². The number of benzene rings is 1. The van der Waals surface area contributed by atoms with E-state index in [1.165, 1.54) is 0 Å². The minimum Gasteiger partial charge on any atom is -0.480 e. The fourth-order valence-corrected chi connectivity index (χ4v) is 1.72. The summed E-state index contributed by atoms with van der Waals surface area (Å²) in [6.07, 6.45) is 1.51. The number of rotatable bonds is 5. The zero-order chi connectivity index (χ0) is 13.7. The lowest BCUT2D eigenvalue weighted by atomic mass is 10.0. The van der Waals surface area contributed by atoms with Crippen molar-refractivity contribution in [2.75, 3.05) is 5.32 Å². The summed E-state index contributed by atoms with van der Waals surface area (Å²) >= 11 is 0. The van der Waals surface area contributed by atoms with Crippen LogP contribution in [0, 0.1) is 0 Å². The molecule has 0 aliphatic heterocycles. The van der Waals surface area contributed by atoms with Crippen molar-refractivity contribution in [2.45, 2.75) is 32.7 Å². The van der Waals surface area contributed by atoms with Crippen molar-refractivity contribution < 1.29 is 14.7 Å². The number of carbonyl (C=O) groups is 2. The molecule has 0 aliphatic rings. The molecular formula is C13H18N2O3. The van der Waals surface area contributed by atoms with Gasteiger partial charge in [0.2, 0.25) is 0 Å². The van der Waals surface area contributed by atoms with Crippen LogP contribution >= 0.6 is 0 Å². The quantitative estimate of drug-likeness (QED) is 0.684. The van der Waals surface area contributed by atoms with Crippen molar-refractivity contribution in [2.24, 2.45) is 5.73 Å². The first-order valence-corrected chi connectivity index (χ1v) is 5.91. The number of hydrogen-bond donors (Lipinski definition) is 3. The van der Waals surface area contributed by atoms with Crippen molar-refractivity contribution in [3.8, 4) is 0 Å². The topological polar surface area (TPSA) is 92.4 Å². The number of aryl methyl sites for hydroxylation is 2. The molecule has 0 aromatic heterocycles. The zero-order valence-corrected chi connectivity index (χ0v) is 10.6. The van der Waals surface area contributed by atoms with Gasteiger partial charge in [-0.2, -0.15) is 0 Å². The minimum absolute atomic E-state index is 0.684. The van der Waals surface area contributed by atoms with Crippen LogP contribution in [0.15, 0.2) is 18.2 Å². The number of carboxylic acid groups (broad SMARTS) is 1. The lowest BCUT2D eigenvalue weighted by Gasteiger charge is -2.15. The summed E-state index contributed by atoms with van der Waals surface area (Å²) in [6, 6.07) is 4.19. The molecule has 0 spiro atoms. The monoisotopic (exact) mass is 250 g/mol. The third-order valence-corrected chi connectivity index (χ3v) is 2.80. The summed E-state index contributed by atoms with van der Waals surface area (Å²) in [5, 5.41) is 11.3. The van der Waals surface area contributed by atoms with Gasteiger partial charge in [-0.05, 0) is 24.0 Å². The highest BCUT2D eigenvalue weighted by atomic mass is 16.4. The van der Waals surface area contributed by atoms with Gasteiger partial charge in [-0.15, -0.1) is 0 Å². The number of aliphatic carboxylic acids is 1. The fourth-order valence-electron chi connectivity index (χ4n) is 1.72. The molecular weight excluding hydrogens is 232 g/mol. The Morgan fingerprint density at radius 1 is 1.28 bits per heavy atom. The van der Waals surface area contributed by atoms with E-state index in [1.54, 1.807) is 0 Å². The predicted molar refractivity (Wildman–Crippen MR) is 69.4 cm³/mol. The highest BCUT2D eigenvalue weighted by molar-refractivity contribution is 6.08. The smallest absolute Gasteiger partial charge is 0.330 e. The Labute approximate surface area is 106 Å². The van der Waals surface area contributed by atoms with Crippen LogP contribution in [0.2, 0.25) is 0 Å². The van der Waals surface area contributed by atoms with Crippen molar-refractivity contribution >= 4 is 17.6 Å². The molecule has 1 rings (SSSR count). The van der Waals surface area contributed by atoms with E-state index in [4.69, 9.17) is 10.8 Å². The van der Waals surface area contributed by atoms with Gasteiger partial charge in [0.15, 0.2) is 6.04 Å². The SMILES string of the molecule is CCc1cccc(CC)c1NC(=O)C(N)C(=O)O. The molecule has 0 saturated heterocycles. The first-order valence-electron chi connectivity index (χ1n) is 5.91. The number of anilines is 1. The fraction of sp³-hybridized carbons (Fsp3) is 0.385. The van der Waals surface area contributed by atoms with Gasteiger partial charge >= 0.3 is 5.97 Å². The van der Waals surface area contributed by atoms with Crippen LogP contribution in [0.5, 0.6) is 0 Å². The third-order valence-electron chi connectivity index (χ3n) is 2.80. The first-order chi connectivity index (χ1) is 8.51. The molecule has 1 aromatic rings. The second-order valence-electron chi connectivity index (χ2n) is 3.96. The molecule has 5 heteroatoms. The third kappa shape index (κ3) is 3.07. The Balaban J connectivity index is 3.02. The van der Waals surface area contributed by atoms with Crippen molar-refractivity contribution in [3.63, 3.8) is 0 Å². The molecule has 4 N–H and O–H groups in total. The van der Waals surface area contributed by atoms with Crippen LogP contribution in [0.4, 0.5) is 5.69 Å². The molecule has 0 bridgehead atoms. The highest BCUT2D eigenvalue weighted by Crippen LogP contribution is 2.22. The lowest BCUT2D eigenvalue weighted by Crippen LogP contribution is -2.42. The van der Waals surface area contributed by atoms with Gasteiger partial charge in [0, 0.05) is 5.69 Å². The molecule has 0 radical (unpaired) electrons. The Hall–Kier alpha value is -1.88. The van der Waals surface area contributed by atoms with Crippen molar-refractivity contribution in [1.82, 2.24) is 0 Å². The van der Waals surface area contributed by atoms with Gasteiger partial charge in [0.05, 0.1) is 0 Å². The number of amides is 1. The number of carboxylic acids is 1. The van der Waals surface area contributed by atoms with Gasteiger partial charge in [-0.25, -0.2) is 4.79 Å². The molecule has 1 aromatic carbocycles. The van der Waals surface area contributed by atoms with E-state index in [9.17, 15) is 9.59 Å². The van der Waals surface area contributed by atoms with Gasteiger partial charge in [0.25, 0.3) is 5.91 Å². The van der Waals surface area contributed by atoms with Gasteiger partial charge in [0.1, 0.15) is 0 Å². The second kappa shape index (κ2) is 6.16. The Bertz CT molecular complexity index is 435. The van der Waals surface area contributed by atoms with Gasteiger partial charge in [-0.3, -0.25) is 4.79 Å². The molecule has 0 heterocycles. The summed E-state index contributed by atoms with van der Waals surface area (Å²) in [5.74, 6) is -2.03. The van der Waals surface area contributed by atoms with E-state index in [1.807, 2.05) is 32.0 Å². The summed E-state index contributed by atoms with van der Waals surface area (Å²) in [7, 11) is 0. The number of hydrogen-bond acceptors (Lipinski definition) is 3. The number of carbonyl (C=O) groups excluding carboxylic acids is 1. The van der Waals surface area contributed by atoms with E-state index in [0.717, 1.165) is 24.0 Å². The van der Waals surface area contributed by atoms with E-state index in [2.05, 4.69) is 5.32 Å². The van der Waals surface area contributed by atoms with Crippen molar-refractivity contribution in [1.29, 1.82) is 0 Å². The molecule has 1 unspecified atom stereocenters. The normalized spacial score (nSPS) is 11.9. The number of nitrogens with one attached hydrogen (secondary N) is 1. The average molecular weight is 250 g/mol. The molecule has 0 saturated carbocycles. The first kappa shape index (κ1) is 14.2. The standard InChI is InChI=1S/C13H18N2O3/c1-3-8-6-5-7-9(4-2)11(8)15-12(16)10(14)13(17)18/h5-7,10H,3-4,14H2,1-2H3,(H,15,16)(H,17,18). The molecule has 0 fully saturated rings. The Kier molecular flexibility index (Phi) is 4.85. The molecule has 5 nitrogen and oxygen atoms in total. The number of para-hydroxylation sites is 1. The van der Waals surface area contributed by atoms with Crippen LogP contribution in [0.25, 0.3) is 0 Å². The zero-order valence-electron chi connectivity index (χ0n) is 10.6. The second-order valence-corrected chi connectivity index (χ2v) is 3.96. The summed E-state index contributed by atoms with van der Waals surface area (Å²) in [6.45, 7) is 3.95. The average Bonchev–Trinajstić information content (AvgIpc) is 2.37. The molecule has 1 amide bonds. The van der Waals surface area contributed by atoms with E-state index >= 15 is 0 Å². The maximum atomic E-state index is 11.7. The minimum atomic E-state index is -1.54. The van der Waals surface area contributed by atoms with E-state index in [-0.39, 0.29) is 0 Å². The van der Waals surface area contributed by atoms with E-state index < -0.39 is 17.9 Å².